The Morgan fingerprint density at radius 2 is 2.29 bits per heavy atom. The molecule has 0 aliphatic heterocycles. The van der Waals surface area contributed by atoms with Gasteiger partial charge in [-0.15, -0.1) is 0 Å². The van der Waals surface area contributed by atoms with Crippen LogP contribution < -0.4 is 15.6 Å². The van der Waals surface area contributed by atoms with Crippen molar-refractivity contribution in [1.29, 1.82) is 0 Å². The van der Waals surface area contributed by atoms with Gasteiger partial charge in [0.25, 0.3) is 5.56 Å². The molecule has 0 saturated heterocycles. The first-order valence-corrected chi connectivity index (χ1v) is 4.12. The molecule has 78 valence electrons. The van der Waals surface area contributed by atoms with Gasteiger partial charge in [0.05, 0.1) is 19.2 Å². The molecule has 1 heterocycles. The normalized spacial score (nSPS) is 9.93. The molecule has 2 N–H and O–H groups in total. The summed E-state index contributed by atoms with van der Waals surface area (Å²) in [6.45, 7) is 1.57. The number of nitrogens with one attached hydrogen (secondary N) is 2. The first-order valence-electron chi connectivity index (χ1n) is 4.12. The molecule has 1 rings (SSSR count). The van der Waals surface area contributed by atoms with Crippen molar-refractivity contribution < 1.29 is 9.53 Å². The van der Waals surface area contributed by atoms with Gasteiger partial charge < -0.3 is 10.1 Å². The van der Waals surface area contributed by atoms with Gasteiger partial charge >= 0.3 is 0 Å². The lowest BCUT2D eigenvalue weighted by Crippen LogP contribution is -2.22. The van der Waals surface area contributed by atoms with Gasteiger partial charge in [0.2, 0.25) is 11.8 Å². The summed E-state index contributed by atoms with van der Waals surface area (Å²) in [5, 5.41) is 5.07. The molecule has 0 bridgehead atoms. The zero-order chi connectivity index (χ0) is 10.7. The van der Waals surface area contributed by atoms with E-state index in [4.69, 9.17) is 4.74 Å². The number of hydrogen-bond donors (Lipinski definition) is 2. The first kappa shape index (κ1) is 10.4. The van der Waals surface area contributed by atoms with E-state index in [0.29, 0.717) is 11.4 Å². The Kier molecular flexibility index (Phi) is 2.95. The molecule has 0 aliphatic rings. The Bertz CT molecular complexity index is 391. The van der Waals surface area contributed by atoms with Crippen molar-refractivity contribution in [3.05, 3.63) is 15.9 Å². The highest BCUT2D eigenvalue weighted by Crippen LogP contribution is 2.11. The van der Waals surface area contributed by atoms with Gasteiger partial charge in [-0.1, -0.05) is 0 Å². The number of carbonyl (C=O) groups is 1. The van der Waals surface area contributed by atoms with Crippen LogP contribution in [0, 0.1) is 0 Å². The van der Waals surface area contributed by atoms with Crippen LogP contribution in [-0.2, 0) is 18.4 Å². The number of aromatic nitrogens is 2. The second-order valence-electron chi connectivity index (χ2n) is 2.90. The number of amides is 1. The molecular weight excluding hydrogens is 186 g/mol. The maximum atomic E-state index is 11.3. The lowest BCUT2D eigenvalue weighted by molar-refractivity contribution is -0.119. The average Bonchev–Trinajstić information content (AvgIpc) is 2.36. The molecule has 1 aromatic rings. The molecule has 0 aliphatic carbocycles. The Balaban J connectivity index is 2.94. The van der Waals surface area contributed by atoms with E-state index in [1.807, 2.05) is 0 Å². The van der Waals surface area contributed by atoms with Crippen LogP contribution in [0.25, 0.3) is 0 Å². The van der Waals surface area contributed by atoms with Crippen LogP contribution in [0.3, 0.4) is 0 Å². The van der Waals surface area contributed by atoms with Gasteiger partial charge in [-0.05, 0) is 0 Å². The summed E-state index contributed by atoms with van der Waals surface area (Å²) in [4.78, 5) is 22.0. The maximum absolute atomic E-state index is 11.3. The van der Waals surface area contributed by atoms with Crippen LogP contribution >= 0.6 is 0 Å². The van der Waals surface area contributed by atoms with E-state index in [1.54, 1.807) is 7.05 Å². The molecule has 0 atom stereocenters. The highest BCUT2D eigenvalue weighted by molar-refractivity contribution is 5.72. The maximum Gasteiger partial charge on any atom is 0.273 e. The number of hydrogen-bond acceptors (Lipinski definition) is 3. The largest absolute Gasteiger partial charge is 0.481 e. The zero-order valence-electron chi connectivity index (χ0n) is 8.38. The quantitative estimate of drug-likeness (QED) is 0.679. The van der Waals surface area contributed by atoms with Gasteiger partial charge in [0.15, 0.2) is 0 Å². The molecule has 0 radical (unpaired) electrons. The number of carbonyl (C=O) groups excluding carboxylic acids is 1. The highest BCUT2D eigenvalue weighted by atomic mass is 16.5. The Morgan fingerprint density at radius 3 is 2.79 bits per heavy atom. The van der Waals surface area contributed by atoms with Gasteiger partial charge in [-0.2, -0.15) is 0 Å². The number of H-pyrrole nitrogens is 1. The third-order valence-electron chi connectivity index (χ3n) is 1.81. The molecule has 1 aromatic heterocycles. The summed E-state index contributed by atoms with van der Waals surface area (Å²) in [6, 6.07) is 0. The summed E-state index contributed by atoms with van der Waals surface area (Å²) in [7, 11) is 3.14. The second kappa shape index (κ2) is 3.99. The van der Waals surface area contributed by atoms with Crippen LogP contribution in [-0.4, -0.2) is 22.8 Å². The van der Waals surface area contributed by atoms with Gasteiger partial charge in [-0.3, -0.25) is 19.4 Å². The van der Waals surface area contributed by atoms with E-state index >= 15 is 0 Å². The van der Waals surface area contributed by atoms with Crippen molar-refractivity contribution in [1.82, 2.24) is 15.1 Å². The van der Waals surface area contributed by atoms with E-state index in [9.17, 15) is 9.59 Å². The molecule has 6 nitrogen and oxygen atoms in total. The molecular formula is C8H13N3O3. The molecule has 0 fully saturated rings. The molecule has 0 aromatic carbocycles. The lowest BCUT2D eigenvalue weighted by Gasteiger charge is -2.03. The summed E-state index contributed by atoms with van der Waals surface area (Å²) in [5.74, 6) is 0.249. The topological polar surface area (TPSA) is 76.1 Å². The van der Waals surface area contributed by atoms with Gasteiger partial charge in [0.1, 0.15) is 0 Å². The fraction of sp³-hybridized carbons (Fsp3) is 0.500. The zero-order valence-corrected chi connectivity index (χ0v) is 8.38. The predicted octanol–water partition coefficient (Wildman–Crippen LogP) is -0.642. The van der Waals surface area contributed by atoms with Crippen LogP contribution in [0.2, 0.25) is 0 Å². The van der Waals surface area contributed by atoms with E-state index in [-0.39, 0.29) is 18.0 Å². The SMILES string of the molecule is COc1c(CNC(C)=O)c(=O)[nH]n1C. The molecule has 0 saturated carbocycles. The van der Waals surface area contributed by atoms with Crippen LogP contribution in [0.15, 0.2) is 4.79 Å². The number of methoxy groups -OCH3 is 1. The third-order valence-corrected chi connectivity index (χ3v) is 1.81. The van der Waals surface area contributed by atoms with E-state index in [0.717, 1.165) is 0 Å². The van der Waals surface area contributed by atoms with Gasteiger partial charge in [-0.25, -0.2) is 0 Å². The molecule has 14 heavy (non-hydrogen) atoms. The van der Waals surface area contributed by atoms with Crippen molar-refractivity contribution >= 4 is 5.91 Å². The van der Waals surface area contributed by atoms with E-state index < -0.39 is 0 Å². The number of nitrogens with zero attached hydrogens (tertiary/aromatic N) is 1. The number of aryl methyl sites for hydroxylation is 1. The minimum atomic E-state index is -0.252. The number of ether oxygens (including phenoxy) is 1. The minimum absolute atomic E-state index is 0.175. The number of aromatic amines is 1. The van der Waals surface area contributed by atoms with Crippen LogP contribution in [0.4, 0.5) is 0 Å². The Labute approximate surface area is 80.8 Å². The second-order valence-corrected chi connectivity index (χ2v) is 2.90. The van der Waals surface area contributed by atoms with Crippen LogP contribution in [0.1, 0.15) is 12.5 Å². The lowest BCUT2D eigenvalue weighted by atomic mass is 10.3. The summed E-state index contributed by atoms with van der Waals surface area (Å²) >= 11 is 0. The summed E-state index contributed by atoms with van der Waals surface area (Å²) < 4.78 is 6.48. The van der Waals surface area contributed by atoms with Crippen LogP contribution in [0.5, 0.6) is 5.88 Å². The average molecular weight is 199 g/mol. The smallest absolute Gasteiger partial charge is 0.273 e. The molecule has 1 amide bonds. The van der Waals surface area contributed by atoms with Crippen molar-refractivity contribution in [3.8, 4) is 5.88 Å². The monoisotopic (exact) mass is 199 g/mol. The summed E-state index contributed by atoms with van der Waals surface area (Å²) in [6.07, 6.45) is 0. The Morgan fingerprint density at radius 1 is 1.64 bits per heavy atom. The third kappa shape index (κ3) is 1.95. The van der Waals surface area contributed by atoms with Crippen molar-refractivity contribution in [2.45, 2.75) is 13.5 Å². The highest BCUT2D eigenvalue weighted by Gasteiger charge is 2.12. The molecule has 0 spiro atoms. The summed E-state index contributed by atoms with van der Waals surface area (Å²) in [5.41, 5.74) is 0.170. The number of rotatable bonds is 3. The van der Waals surface area contributed by atoms with E-state index in [2.05, 4.69) is 10.4 Å². The van der Waals surface area contributed by atoms with Crippen molar-refractivity contribution in [3.63, 3.8) is 0 Å². The van der Waals surface area contributed by atoms with E-state index in [1.165, 1.54) is 18.7 Å². The van der Waals surface area contributed by atoms with Crippen molar-refractivity contribution in [2.75, 3.05) is 7.11 Å². The molecule has 6 heteroatoms. The molecule has 0 unspecified atom stereocenters. The Hall–Kier alpha value is -1.72. The standard InChI is InChI=1S/C8H13N3O3/c1-5(12)9-4-6-7(13)10-11(2)8(6)14-3/h4H2,1-3H3,(H,9,12)(H,10,13). The fourth-order valence-corrected chi connectivity index (χ4v) is 1.20. The van der Waals surface area contributed by atoms with Crippen molar-refractivity contribution in [2.24, 2.45) is 7.05 Å². The predicted molar refractivity (Wildman–Crippen MR) is 50.1 cm³/mol. The fourth-order valence-electron chi connectivity index (χ4n) is 1.20. The minimum Gasteiger partial charge on any atom is -0.481 e. The van der Waals surface area contributed by atoms with Gasteiger partial charge in [0, 0.05) is 14.0 Å². The first-order chi connectivity index (χ1) is 6.56.